The van der Waals surface area contributed by atoms with Gasteiger partial charge in [0.15, 0.2) is 0 Å². The Balaban J connectivity index is 4.37. The maximum atomic E-state index is 11.9. The van der Waals surface area contributed by atoms with E-state index in [1.54, 1.807) is 7.05 Å². The third-order valence-electron chi connectivity index (χ3n) is 2.99. The lowest BCUT2D eigenvalue weighted by Gasteiger charge is -2.33. The van der Waals surface area contributed by atoms with Crippen LogP contribution in [0.1, 0.15) is 20.3 Å². The summed E-state index contributed by atoms with van der Waals surface area (Å²) in [4.78, 5) is 1.98. The Morgan fingerprint density at radius 2 is 1.76 bits per heavy atom. The topological polar surface area (TPSA) is 78.7 Å². The van der Waals surface area contributed by atoms with Gasteiger partial charge in [0, 0.05) is 25.7 Å². The number of nitrogens with two attached hydrogens (primary N) is 1. The molecule has 0 aromatic carbocycles. The number of nitrogens with one attached hydrogen (secondary N) is 1. The van der Waals surface area contributed by atoms with Gasteiger partial charge >= 0.3 is 0 Å². The van der Waals surface area contributed by atoms with Gasteiger partial charge < -0.3 is 10.6 Å². The molecule has 0 unspecified atom stereocenters. The standard InChI is InChI=1S/C10H26N4O2S/c1-10(2,13(3)4)9-12-17(15,16)14(5)8-6-7-11/h12H,6-9,11H2,1-5H3. The molecule has 17 heavy (non-hydrogen) atoms. The molecule has 0 rings (SSSR count). The second-order valence-corrected chi connectivity index (χ2v) is 6.86. The van der Waals surface area contributed by atoms with Crippen LogP contribution in [-0.2, 0) is 10.2 Å². The van der Waals surface area contributed by atoms with Gasteiger partial charge in [0.05, 0.1) is 0 Å². The average molecular weight is 266 g/mol. The van der Waals surface area contributed by atoms with E-state index in [1.165, 1.54) is 4.31 Å². The molecule has 104 valence electrons. The maximum Gasteiger partial charge on any atom is 0.279 e. The first kappa shape index (κ1) is 16.8. The lowest BCUT2D eigenvalue weighted by atomic mass is 10.1. The van der Waals surface area contributed by atoms with E-state index >= 15 is 0 Å². The zero-order valence-corrected chi connectivity index (χ0v) is 12.3. The van der Waals surface area contributed by atoms with Gasteiger partial charge in [-0.2, -0.15) is 12.7 Å². The van der Waals surface area contributed by atoms with E-state index in [0.29, 0.717) is 26.1 Å². The lowest BCUT2D eigenvalue weighted by molar-refractivity contribution is 0.198. The molecule has 0 atom stereocenters. The SMILES string of the molecule is CN(C)C(C)(C)CNS(=O)(=O)N(C)CCCN. The van der Waals surface area contributed by atoms with Crippen LogP contribution in [0.2, 0.25) is 0 Å². The van der Waals surface area contributed by atoms with Crippen LogP contribution in [0.3, 0.4) is 0 Å². The van der Waals surface area contributed by atoms with Gasteiger partial charge in [-0.05, 0) is 40.9 Å². The van der Waals surface area contributed by atoms with Crippen molar-refractivity contribution in [3.05, 3.63) is 0 Å². The fourth-order valence-corrected chi connectivity index (χ4v) is 2.10. The second-order valence-electron chi connectivity index (χ2n) is 5.00. The van der Waals surface area contributed by atoms with Crippen LogP contribution < -0.4 is 10.5 Å². The van der Waals surface area contributed by atoms with E-state index < -0.39 is 10.2 Å². The number of hydrogen-bond acceptors (Lipinski definition) is 4. The predicted molar refractivity (Wildman–Crippen MR) is 71.0 cm³/mol. The van der Waals surface area contributed by atoms with E-state index in [2.05, 4.69) is 4.72 Å². The van der Waals surface area contributed by atoms with Crippen molar-refractivity contribution in [2.75, 3.05) is 40.8 Å². The quantitative estimate of drug-likeness (QED) is 0.617. The summed E-state index contributed by atoms with van der Waals surface area (Å²) in [7, 11) is 2.00. The van der Waals surface area contributed by atoms with Gasteiger partial charge in [-0.1, -0.05) is 0 Å². The first-order chi connectivity index (χ1) is 7.63. The van der Waals surface area contributed by atoms with E-state index in [9.17, 15) is 8.42 Å². The fourth-order valence-electron chi connectivity index (χ4n) is 0.970. The molecule has 0 fully saturated rings. The second kappa shape index (κ2) is 6.65. The van der Waals surface area contributed by atoms with Gasteiger partial charge in [-0.25, -0.2) is 4.72 Å². The van der Waals surface area contributed by atoms with Crippen molar-refractivity contribution in [2.45, 2.75) is 25.8 Å². The van der Waals surface area contributed by atoms with Crippen molar-refractivity contribution in [2.24, 2.45) is 5.73 Å². The normalized spacial score (nSPS) is 13.6. The summed E-state index contributed by atoms with van der Waals surface area (Å²) in [5.74, 6) is 0. The van der Waals surface area contributed by atoms with Gasteiger partial charge in [-0.3, -0.25) is 0 Å². The van der Waals surface area contributed by atoms with Gasteiger partial charge in [-0.15, -0.1) is 0 Å². The van der Waals surface area contributed by atoms with Gasteiger partial charge in [0.25, 0.3) is 10.2 Å². The lowest BCUT2D eigenvalue weighted by Crippen LogP contribution is -2.50. The summed E-state index contributed by atoms with van der Waals surface area (Å²) in [5, 5.41) is 0. The van der Waals surface area contributed by atoms with E-state index in [-0.39, 0.29) is 5.54 Å². The Hall–Kier alpha value is -0.210. The minimum Gasteiger partial charge on any atom is -0.330 e. The highest BCUT2D eigenvalue weighted by atomic mass is 32.2. The van der Waals surface area contributed by atoms with Gasteiger partial charge in [0.2, 0.25) is 0 Å². The van der Waals surface area contributed by atoms with Crippen molar-refractivity contribution in [1.82, 2.24) is 13.9 Å². The number of nitrogens with zero attached hydrogens (tertiary/aromatic N) is 2. The van der Waals surface area contributed by atoms with E-state index in [4.69, 9.17) is 5.73 Å². The summed E-state index contributed by atoms with van der Waals surface area (Å²) in [6, 6.07) is 0. The van der Waals surface area contributed by atoms with Crippen molar-refractivity contribution >= 4 is 10.2 Å². The number of rotatable bonds is 8. The molecule has 0 radical (unpaired) electrons. The molecule has 6 nitrogen and oxygen atoms in total. The molecule has 0 bridgehead atoms. The third-order valence-corrected chi connectivity index (χ3v) is 4.50. The van der Waals surface area contributed by atoms with Crippen molar-refractivity contribution < 1.29 is 8.42 Å². The summed E-state index contributed by atoms with van der Waals surface area (Å²) < 4.78 is 27.6. The van der Waals surface area contributed by atoms with Crippen LogP contribution in [0, 0.1) is 0 Å². The minimum atomic E-state index is -3.40. The van der Waals surface area contributed by atoms with Crippen LogP contribution in [0.5, 0.6) is 0 Å². The fraction of sp³-hybridized carbons (Fsp3) is 1.00. The van der Waals surface area contributed by atoms with Crippen LogP contribution in [0.4, 0.5) is 0 Å². The third kappa shape index (κ3) is 5.78. The maximum absolute atomic E-state index is 11.9. The smallest absolute Gasteiger partial charge is 0.279 e. The molecule has 0 amide bonds. The Bertz CT molecular complexity index is 314. The van der Waals surface area contributed by atoms with E-state index in [0.717, 1.165) is 0 Å². The number of hydrogen-bond donors (Lipinski definition) is 2. The highest BCUT2D eigenvalue weighted by Gasteiger charge is 2.24. The Kier molecular flexibility index (Phi) is 6.57. The van der Waals surface area contributed by atoms with E-state index in [1.807, 2.05) is 32.8 Å². The Labute approximate surface area is 105 Å². The zero-order chi connectivity index (χ0) is 13.7. The van der Waals surface area contributed by atoms with Crippen molar-refractivity contribution in [3.8, 4) is 0 Å². The monoisotopic (exact) mass is 266 g/mol. The summed E-state index contributed by atoms with van der Waals surface area (Å²) >= 11 is 0. The Morgan fingerprint density at radius 3 is 2.18 bits per heavy atom. The van der Waals surface area contributed by atoms with Crippen molar-refractivity contribution in [3.63, 3.8) is 0 Å². The van der Waals surface area contributed by atoms with Crippen LogP contribution in [-0.4, -0.2) is 63.9 Å². The molecule has 0 aliphatic heterocycles. The molecule has 0 heterocycles. The molecule has 0 aromatic rings. The summed E-state index contributed by atoms with van der Waals surface area (Å²) in [5.41, 5.74) is 5.13. The van der Waals surface area contributed by atoms with Gasteiger partial charge in [0.1, 0.15) is 0 Å². The largest absolute Gasteiger partial charge is 0.330 e. The highest BCUT2D eigenvalue weighted by molar-refractivity contribution is 7.87. The van der Waals surface area contributed by atoms with Crippen LogP contribution in [0.25, 0.3) is 0 Å². The molecule has 3 N–H and O–H groups in total. The first-order valence-electron chi connectivity index (χ1n) is 5.72. The molecule has 0 aliphatic carbocycles. The zero-order valence-electron chi connectivity index (χ0n) is 11.5. The minimum absolute atomic E-state index is 0.220. The molecule has 7 heteroatoms. The van der Waals surface area contributed by atoms with Crippen LogP contribution >= 0.6 is 0 Å². The molecule has 0 spiro atoms. The Morgan fingerprint density at radius 1 is 1.24 bits per heavy atom. The van der Waals surface area contributed by atoms with Crippen LogP contribution in [0.15, 0.2) is 0 Å². The highest BCUT2D eigenvalue weighted by Crippen LogP contribution is 2.09. The molecular weight excluding hydrogens is 240 g/mol. The molecular formula is C10H26N4O2S. The summed E-state index contributed by atoms with van der Waals surface area (Å²) in [6.45, 7) is 5.26. The summed E-state index contributed by atoms with van der Waals surface area (Å²) in [6.07, 6.45) is 0.661. The predicted octanol–water partition coefficient (Wildman–Crippen LogP) is -0.558. The number of likely N-dealkylation sites (N-methyl/N-ethyl adjacent to an activating group) is 1. The molecule has 0 aliphatic rings. The van der Waals surface area contributed by atoms with Crippen molar-refractivity contribution in [1.29, 1.82) is 0 Å². The molecule has 0 saturated heterocycles. The molecule has 0 aromatic heterocycles. The molecule has 0 saturated carbocycles. The first-order valence-corrected chi connectivity index (χ1v) is 7.16. The average Bonchev–Trinajstić information content (AvgIpc) is 2.23.